The third-order valence-electron chi connectivity index (χ3n) is 5.25. The van der Waals surface area contributed by atoms with Crippen molar-refractivity contribution in [2.24, 2.45) is 5.73 Å². The van der Waals surface area contributed by atoms with Gasteiger partial charge in [0.1, 0.15) is 0 Å². The maximum atomic E-state index is 13.5. The Bertz CT molecular complexity index is 845. The van der Waals surface area contributed by atoms with E-state index in [0.29, 0.717) is 12.0 Å². The molecular weight excluding hydrogens is 413 g/mol. The Morgan fingerprint density at radius 1 is 1.27 bits per heavy atom. The van der Waals surface area contributed by atoms with Crippen LogP contribution in [0.3, 0.4) is 0 Å². The molecule has 1 atom stereocenters. The van der Waals surface area contributed by atoms with E-state index in [9.17, 15) is 31.5 Å². The fourth-order valence-electron chi connectivity index (χ4n) is 3.72. The smallest absolute Gasteiger partial charge is 0.336 e. The number of aromatic nitrogens is 2. The molecule has 2 N–H and O–H groups in total. The standard InChI is InChI=1S/C18H22F5N5O2/c1-10-12-3-5-27(8-13(12)26-16(25-10)18(21,22)23)15(30)6-11(24)7-28-9-17(19,20)4-2-14(28)29/h11H,2-9,24H2,1H3/t11-/m0/s1. The molecule has 12 heteroatoms. The van der Waals surface area contributed by atoms with Gasteiger partial charge in [0.15, 0.2) is 0 Å². The molecule has 7 nitrogen and oxygen atoms in total. The van der Waals surface area contributed by atoms with Gasteiger partial charge in [0.25, 0.3) is 5.92 Å². The molecule has 30 heavy (non-hydrogen) atoms. The molecule has 1 saturated heterocycles. The highest BCUT2D eigenvalue weighted by Gasteiger charge is 2.40. The zero-order valence-corrected chi connectivity index (χ0v) is 16.3. The second-order valence-corrected chi connectivity index (χ2v) is 7.72. The predicted molar refractivity (Wildman–Crippen MR) is 94.2 cm³/mol. The molecule has 0 aliphatic carbocycles. The number of hydrogen-bond acceptors (Lipinski definition) is 5. The Kier molecular flexibility index (Phi) is 5.99. The summed E-state index contributed by atoms with van der Waals surface area (Å²) in [5.74, 6) is -5.12. The molecule has 2 aliphatic heterocycles. The van der Waals surface area contributed by atoms with E-state index in [1.807, 2.05) is 0 Å². The Morgan fingerprint density at radius 2 is 1.97 bits per heavy atom. The number of hydrogen-bond donors (Lipinski definition) is 1. The van der Waals surface area contributed by atoms with Crippen molar-refractivity contribution < 1.29 is 31.5 Å². The monoisotopic (exact) mass is 435 g/mol. The van der Waals surface area contributed by atoms with Crippen LogP contribution in [0.4, 0.5) is 22.0 Å². The predicted octanol–water partition coefficient (Wildman–Crippen LogP) is 1.66. The Balaban J connectivity index is 1.63. The van der Waals surface area contributed by atoms with Crippen molar-refractivity contribution in [3.05, 3.63) is 22.8 Å². The summed E-state index contributed by atoms with van der Waals surface area (Å²) in [6.45, 7) is 0.683. The van der Waals surface area contributed by atoms with Gasteiger partial charge in [0.05, 0.1) is 18.8 Å². The number of nitrogens with two attached hydrogens (primary N) is 1. The van der Waals surface area contributed by atoms with E-state index >= 15 is 0 Å². The lowest BCUT2D eigenvalue weighted by atomic mass is 10.0. The van der Waals surface area contributed by atoms with Crippen molar-refractivity contribution in [3.63, 3.8) is 0 Å². The molecule has 0 unspecified atom stereocenters. The fourth-order valence-corrected chi connectivity index (χ4v) is 3.72. The molecule has 2 aliphatic rings. The number of piperidine rings is 1. The molecule has 2 amide bonds. The lowest BCUT2D eigenvalue weighted by Gasteiger charge is -2.34. The molecule has 0 aromatic carbocycles. The number of carbonyl (C=O) groups is 2. The summed E-state index contributed by atoms with van der Waals surface area (Å²) in [5.41, 5.74) is 6.84. The average Bonchev–Trinajstić information content (AvgIpc) is 2.63. The van der Waals surface area contributed by atoms with E-state index in [0.717, 1.165) is 4.90 Å². The molecule has 1 fully saturated rings. The minimum atomic E-state index is -4.70. The van der Waals surface area contributed by atoms with Crippen LogP contribution >= 0.6 is 0 Å². The molecular formula is C18H22F5N5O2. The van der Waals surface area contributed by atoms with Gasteiger partial charge in [0, 0.05) is 44.1 Å². The van der Waals surface area contributed by atoms with Crippen molar-refractivity contribution in [3.8, 4) is 0 Å². The number of nitrogens with zero attached hydrogens (tertiary/aromatic N) is 4. The van der Waals surface area contributed by atoms with Crippen molar-refractivity contribution in [2.45, 2.75) is 57.3 Å². The van der Waals surface area contributed by atoms with Crippen molar-refractivity contribution in [2.75, 3.05) is 19.6 Å². The normalized spacial score (nSPS) is 20.2. The summed E-state index contributed by atoms with van der Waals surface area (Å²) in [6, 6.07) is -0.866. The number of likely N-dealkylation sites (tertiary alicyclic amines) is 1. The van der Waals surface area contributed by atoms with Crippen LogP contribution in [0.15, 0.2) is 0 Å². The summed E-state index contributed by atoms with van der Waals surface area (Å²) in [5, 5.41) is 0. The molecule has 0 radical (unpaired) electrons. The van der Waals surface area contributed by atoms with Crippen molar-refractivity contribution in [1.82, 2.24) is 19.8 Å². The van der Waals surface area contributed by atoms with Crippen LogP contribution in [-0.4, -0.2) is 63.2 Å². The summed E-state index contributed by atoms with van der Waals surface area (Å²) in [4.78, 5) is 33.8. The summed E-state index contributed by atoms with van der Waals surface area (Å²) in [6.07, 6.45) is -5.41. The molecule has 0 saturated carbocycles. The number of carbonyl (C=O) groups excluding carboxylic acids is 2. The van der Waals surface area contributed by atoms with E-state index in [4.69, 9.17) is 5.73 Å². The van der Waals surface area contributed by atoms with Gasteiger partial charge in [-0.05, 0) is 18.9 Å². The number of rotatable bonds is 4. The molecule has 3 heterocycles. The lowest BCUT2D eigenvalue weighted by molar-refractivity contribution is -0.148. The molecule has 1 aromatic heterocycles. The second kappa shape index (κ2) is 8.05. The fraction of sp³-hybridized carbons (Fsp3) is 0.667. The third kappa shape index (κ3) is 5.02. The SMILES string of the molecule is Cc1nc(C(F)(F)F)nc2c1CCN(C(=O)C[C@H](N)CN1CC(F)(F)CCC1=O)C2. The van der Waals surface area contributed by atoms with E-state index in [-0.39, 0.29) is 43.9 Å². The van der Waals surface area contributed by atoms with Gasteiger partial charge in [-0.15, -0.1) is 0 Å². The van der Waals surface area contributed by atoms with Gasteiger partial charge < -0.3 is 15.5 Å². The Hall–Kier alpha value is -2.37. The van der Waals surface area contributed by atoms with Crippen LogP contribution in [0, 0.1) is 6.92 Å². The van der Waals surface area contributed by atoms with E-state index in [1.165, 1.54) is 11.8 Å². The topological polar surface area (TPSA) is 92.4 Å². The van der Waals surface area contributed by atoms with Gasteiger partial charge in [-0.1, -0.05) is 0 Å². The summed E-state index contributed by atoms with van der Waals surface area (Å²) >= 11 is 0. The maximum absolute atomic E-state index is 13.5. The first-order chi connectivity index (χ1) is 13.9. The maximum Gasteiger partial charge on any atom is 0.451 e. The summed E-state index contributed by atoms with van der Waals surface area (Å²) in [7, 11) is 0. The Labute approximate surface area is 169 Å². The largest absolute Gasteiger partial charge is 0.451 e. The highest BCUT2D eigenvalue weighted by atomic mass is 19.4. The second-order valence-electron chi connectivity index (χ2n) is 7.72. The van der Waals surface area contributed by atoms with E-state index in [2.05, 4.69) is 9.97 Å². The van der Waals surface area contributed by atoms with Gasteiger partial charge in [-0.25, -0.2) is 18.7 Å². The van der Waals surface area contributed by atoms with Crippen LogP contribution in [0.5, 0.6) is 0 Å². The number of fused-ring (bicyclic) bond motifs is 1. The number of alkyl halides is 5. The number of halogens is 5. The van der Waals surface area contributed by atoms with Crippen LogP contribution in [0.2, 0.25) is 0 Å². The minimum absolute atomic E-state index is 0.117. The lowest BCUT2D eigenvalue weighted by Crippen LogP contribution is -2.51. The minimum Gasteiger partial charge on any atom is -0.336 e. The molecule has 3 rings (SSSR count). The van der Waals surface area contributed by atoms with Crippen molar-refractivity contribution in [1.29, 1.82) is 0 Å². The van der Waals surface area contributed by atoms with E-state index < -0.39 is 48.7 Å². The number of amides is 2. The van der Waals surface area contributed by atoms with Crippen LogP contribution in [0.25, 0.3) is 0 Å². The third-order valence-corrected chi connectivity index (χ3v) is 5.25. The quantitative estimate of drug-likeness (QED) is 0.727. The first-order valence-corrected chi connectivity index (χ1v) is 9.48. The average molecular weight is 435 g/mol. The van der Waals surface area contributed by atoms with Crippen molar-refractivity contribution >= 4 is 11.8 Å². The van der Waals surface area contributed by atoms with Gasteiger partial charge >= 0.3 is 6.18 Å². The molecule has 0 spiro atoms. The van der Waals surface area contributed by atoms with E-state index in [1.54, 1.807) is 0 Å². The molecule has 0 bridgehead atoms. The molecule has 1 aromatic rings. The zero-order chi connectivity index (χ0) is 22.3. The zero-order valence-electron chi connectivity index (χ0n) is 16.3. The van der Waals surface area contributed by atoms with Gasteiger partial charge in [0.2, 0.25) is 17.6 Å². The van der Waals surface area contributed by atoms with Crippen LogP contribution in [-0.2, 0) is 28.7 Å². The van der Waals surface area contributed by atoms with Crippen LogP contribution < -0.4 is 5.73 Å². The Morgan fingerprint density at radius 3 is 2.63 bits per heavy atom. The molecule has 166 valence electrons. The van der Waals surface area contributed by atoms with Gasteiger partial charge in [-0.2, -0.15) is 13.2 Å². The van der Waals surface area contributed by atoms with Crippen LogP contribution in [0.1, 0.15) is 42.0 Å². The van der Waals surface area contributed by atoms with Gasteiger partial charge in [-0.3, -0.25) is 9.59 Å². The highest BCUT2D eigenvalue weighted by Crippen LogP contribution is 2.30. The first kappa shape index (κ1) is 22.3. The first-order valence-electron chi connectivity index (χ1n) is 9.48. The number of aryl methyl sites for hydroxylation is 1. The summed E-state index contributed by atoms with van der Waals surface area (Å²) < 4.78 is 65.9. The highest BCUT2D eigenvalue weighted by molar-refractivity contribution is 5.78.